The standard InChI is InChI=1S/C15H23ClN2OS/c1-4-12(5-2)18(8-9-19-3)14-7-6-11(15(17)20)10-13(14)16/h6-7,10,12H,4-5,8-9H2,1-3H3,(H2,17,20). The van der Waals surface area contributed by atoms with Gasteiger partial charge in [-0.1, -0.05) is 37.7 Å². The summed E-state index contributed by atoms with van der Waals surface area (Å²) in [6.45, 7) is 5.86. The van der Waals surface area contributed by atoms with Crippen LogP contribution in [0.15, 0.2) is 18.2 Å². The molecule has 0 aliphatic carbocycles. The molecule has 3 nitrogen and oxygen atoms in total. The van der Waals surface area contributed by atoms with Crippen LogP contribution in [0.4, 0.5) is 5.69 Å². The molecule has 0 saturated heterocycles. The van der Waals surface area contributed by atoms with Crippen LogP contribution in [0.5, 0.6) is 0 Å². The molecule has 0 unspecified atom stereocenters. The number of hydrogen-bond donors (Lipinski definition) is 1. The summed E-state index contributed by atoms with van der Waals surface area (Å²) < 4.78 is 5.21. The van der Waals surface area contributed by atoms with Crippen LogP contribution in [0.3, 0.4) is 0 Å². The van der Waals surface area contributed by atoms with E-state index in [9.17, 15) is 0 Å². The van der Waals surface area contributed by atoms with E-state index in [0.717, 1.165) is 30.6 Å². The average Bonchev–Trinajstić information content (AvgIpc) is 2.43. The number of methoxy groups -OCH3 is 1. The van der Waals surface area contributed by atoms with Crippen LogP contribution in [0.1, 0.15) is 32.3 Å². The minimum Gasteiger partial charge on any atom is -0.389 e. The fraction of sp³-hybridized carbons (Fsp3) is 0.533. The van der Waals surface area contributed by atoms with Gasteiger partial charge in [0.1, 0.15) is 4.99 Å². The van der Waals surface area contributed by atoms with Crippen molar-refractivity contribution in [2.45, 2.75) is 32.7 Å². The summed E-state index contributed by atoms with van der Waals surface area (Å²) in [5.41, 5.74) is 7.45. The van der Waals surface area contributed by atoms with E-state index < -0.39 is 0 Å². The van der Waals surface area contributed by atoms with Gasteiger partial charge >= 0.3 is 0 Å². The Balaban J connectivity index is 3.09. The lowest BCUT2D eigenvalue weighted by molar-refractivity contribution is 0.202. The van der Waals surface area contributed by atoms with Crippen molar-refractivity contribution in [2.75, 3.05) is 25.2 Å². The van der Waals surface area contributed by atoms with Gasteiger partial charge in [0, 0.05) is 25.3 Å². The Kier molecular flexibility index (Phi) is 7.27. The van der Waals surface area contributed by atoms with Gasteiger partial charge in [0.05, 0.1) is 17.3 Å². The molecule has 112 valence electrons. The SMILES string of the molecule is CCC(CC)N(CCOC)c1ccc(C(N)=S)cc1Cl. The summed E-state index contributed by atoms with van der Waals surface area (Å²) in [5, 5.41) is 0.679. The number of nitrogens with two attached hydrogens (primary N) is 1. The second-order valence-electron chi connectivity index (χ2n) is 4.69. The number of hydrogen-bond acceptors (Lipinski definition) is 3. The van der Waals surface area contributed by atoms with E-state index in [-0.39, 0.29) is 0 Å². The van der Waals surface area contributed by atoms with Gasteiger partial charge in [-0.15, -0.1) is 0 Å². The lowest BCUT2D eigenvalue weighted by Gasteiger charge is -2.33. The van der Waals surface area contributed by atoms with Crippen LogP contribution < -0.4 is 10.6 Å². The fourth-order valence-corrected chi connectivity index (χ4v) is 2.73. The molecular formula is C15H23ClN2OS. The zero-order valence-electron chi connectivity index (χ0n) is 12.4. The molecule has 0 fully saturated rings. The first-order valence-corrected chi connectivity index (χ1v) is 7.68. The average molecular weight is 315 g/mol. The maximum atomic E-state index is 6.41. The number of nitrogens with zero attached hydrogens (tertiary/aromatic N) is 1. The highest BCUT2D eigenvalue weighted by Gasteiger charge is 2.18. The van der Waals surface area contributed by atoms with Gasteiger partial charge in [0.25, 0.3) is 0 Å². The number of ether oxygens (including phenoxy) is 1. The number of thiocarbonyl (C=S) groups is 1. The van der Waals surface area contributed by atoms with Crippen molar-refractivity contribution in [2.24, 2.45) is 5.73 Å². The van der Waals surface area contributed by atoms with Crippen molar-refractivity contribution in [1.82, 2.24) is 0 Å². The predicted molar refractivity (Wildman–Crippen MR) is 90.9 cm³/mol. The van der Waals surface area contributed by atoms with Crippen LogP contribution in [0, 0.1) is 0 Å². The highest BCUT2D eigenvalue weighted by Crippen LogP contribution is 2.30. The molecule has 0 saturated carbocycles. The van der Waals surface area contributed by atoms with Crippen LogP contribution in [-0.2, 0) is 4.74 Å². The van der Waals surface area contributed by atoms with E-state index in [1.54, 1.807) is 7.11 Å². The molecule has 0 spiro atoms. The highest BCUT2D eigenvalue weighted by molar-refractivity contribution is 7.80. The molecular weight excluding hydrogens is 292 g/mol. The van der Waals surface area contributed by atoms with E-state index in [0.29, 0.717) is 22.7 Å². The third-order valence-corrected chi connectivity index (χ3v) is 4.00. The number of rotatable bonds is 8. The fourth-order valence-electron chi connectivity index (χ4n) is 2.31. The van der Waals surface area contributed by atoms with Crippen molar-refractivity contribution in [3.8, 4) is 0 Å². The molecule has 0 atom stereocenters. The minimum absolute atomic E-state index is 0.365. The normalized spacial score (nSPS) is 10.8. The van der Waals surface area contributed by atoms with Crippen LogP contribution >= 0.6 is 23.8 Å². The molecule has 0 bridgehead atoms. The number of anilines is 1. The third-order valence-electron chi connectivity index (χ3n) is 3.46. The Morgan fingerprint density at radius 1 is 1.40 bits per heavy atom. The molecule has 1 aromatic carbocycles. The molecule has 1 rings (SSSR count). The molecule has 0 heterocycles. The monoisotopic (exact) mass is 314 g/mol. The molecule has 0 aliphatic heterocycles. The Morgan fingerprint density at radius 2 is 2.05 bits per heavy atom. The Morgan fingerprint density at radius 3 is 2.50 bits per heavy atom. The molecule has 0 amide bonds. The molecule has 0 aliphatic rings. The van der Waals surface area contributed by atoms with Gasteiger partial charge < -0.3 is 15.4 Å². The Bertz CT molecular complexity index is 449. The summed E-state index contributed by atoms with van der Waals surface area (Å²) in [7, 11) is 1.71. The minimum atomic E-state index is 0.365. The molecule has 1 aromatic rings. The van der Waals surface area contributed by atoms with E-state index in [2.05, 4.69) is 18.7 Å². The van der Waals surface area contributed by atoms with Crippen molar-refractivity contribution < 1.29 is 4.74 Å². The van der Waals surface area contributed by atoms with Gasteiger partial charge in [-0.2, -0.15) is 0 Å². The summed E-state index contributed by atoms with van der Waals surface area (Å²) in [6, 6.07) is 6.19. The van der Waals surface area contributed by atoms with Crippen molar-refractivity contribution in [1.29, 1.82) is 0 Å². The molecule has 2 N–H and O–H groups in total. The van der Waals surface area contributed by atoms with Crippen LogP contribution in [0.2, 0.25) is 5.02 Å². The van der Waals surface area contributed by atoms with Crippen LogP contribution in [-0.4, -0.2) is 31.3 Å². The van der Waals surface area contributed by atoms with Crippen molar-refractivity contribution in [3.05, 3.63) is 28.8 Å². The van der Waals surface area contributed by atoms with Gasteiger partial charge in [0.15, 0.2) is 0 Å². The first kappa shape index (κ1) is 17.2. The first-order chi connectivity index (χ1) is 9.54. The lowest BCUT2D eigenvalue weighted by atomic mass is 10.1. The largest absolute Gasteiger partial charge is 0.389 e. The van der Waals surface area contributed by atoms with Gasteiger partial charge in [-0.3, -0.25) is 0 Å². The zero-order valence-corrected chi connectivity index (χ0v) is 13.9. The summed E-state index contributed by atoms with van der Waals surface area (Å²) in [6.07, 6.45) is 2.13. The summed E-state index contributed by atoms with van der Waals surface area (Å²) in [4.78, 5) is 2.67. The number of halogens is 1. The van der Waals surface area contributed by atoms with Crippen molar-refractivity contribution >= 4 is 34.5 Å². The quantitative estimate of drug-likeness (QED) is 0.744. The maximum absolute atomic E-state index is 6.41. The summed E-state index contributed by atoms with van der Waals surface area (Å²) >= 11 is 11.4. The van der Waals surface area contributed by atoms with Crippen LogP contribution in [0.25, 0.3) is 0 Å². The first-order valence-electron chi connectivity index (χ1n) is 6.90. The van der Waals surface area contributed by atoms with E-state index in [1.807, 2.05) is 18.2 Å². The second kappa shape index (κ2) is 8.45. The molecule has 0 radical (unpaired) electrons. The molecule has 0 aromatic heterocycles. The van der Waals surface area contributed by atoms with E-state index >= 15 is 0 Å². The van der Waals surface area contributed by atoms with Gasteiger partial charge in [0.2, 0.25) is 0 Å². The smallest absolute Gasteiger partial charge is 0.104 e. The summed E-state index contributed by atoms with van der Waals surface area (Å²) in [5.74, 6) is 0. The maximum Gasteiger partial charge on any atom is 0.104 e. The third kappa shape index (κ3) is 4.33. The Hall–Kier alpha value is -0.840. The van der Waals surface area contributed by atoms with E-state index in [1.165, 1.54) is 0 Å². The van der Waals surface area contributed by atoms with Gasteiger partial charge in [-0.25, -0.2) is 0 Å². The zero-order chi connectivity index (χ0) is 15.1. The predicted octanol–water partition coefficient (Wildman–Crippen LogP) is 3.62. The topological polar surface area (TPSA) is 38.5 Å². The lowest BCUT2D eigenvalue weighted by Crippen LogP contribution is -2.37. The second-order valence-corrected chi connectivity index (χ2v) is 5.53. The Labute approximate surface area is 132 Å². The van der Waals surface area contributed by atoms with E-state index in [4.69, 9.17) is 34.3 Å². The van der Waals surface area contributed by atoms with Crippen molar-refractivity contribution in [3.63, 3.8) is 0 Å². The van der Waals surface area contributed by atoms with Gasteiger partial charge in [-0.05, 0) is 31.0 Å². The highest BCUT2D eigenvalue weighted by atomic mass is 35.5. The molecule has 20 heavy (non-hydrogen) atoms. The molecule has 5 heteroatoms. The number of benzene rings is 1.